The first-order chi connectivity index (χ1) is 10.1. The van der Waals surface area contributed by atoms with Crippen LogP contribution >= 0.6 is 0 Å². The average molecular weight is 291 g/mol. The van der Waals surface area contributed by atoms with Crippen molar-refractivity contribution in [2.75, 3.05) is 24.5 Å². The molecule has 1 aromatic rings. The fourth-order valence-electron chi connectivity index (χ4n) is 3.58. The van der Waals surface area contributed by atoms with Gasteiger partial charge in [-0.2, -0.15) is 0 Å². The Morgan fingerprint density at radius 1 is 1.43 bits per heavy atom. The molecule has 114 valence electrons. The molecule has 6 nitrogen and oxygen atoms in total. The molecule has 2 unspecified atom stereocenters. The van der Waals surface area contributed by atoms with Gasteiger partial charge in [0.05, 0.1) is 11.5 Å². The van der Waals surface area contributed by atoms with Crippen LogP contribution in [0.3, 0.4) is 0 Å². The van der Waals surface area contributed by atoms with E-state index in [0.717, 1.165) is 19.6 Å². The monoisotopic (exact) mass is 291 g/mol. The number of aliphatic hydroxyl groups excluding tert-OH is 1. The Labute approximate surface area is 124 Å². The Balaban J connectivity index is 1.93. The van der Waals surface area contributed by atoms with Crippen LogP contribution < -0.4 is 4.90 Å². The molecule has 2 atom stereocenters. The van der Waals surface area contributed by atoms with Gasteiger partial charge in [0.25, 0.3) is 5.69 Å². The summed E-state index contributed by atoms with van der Waals surface area (Å²) in [5.74, 6) is 0. The van der Waals surface area contributed by atoms with E-state index in [4.69, 9.17) is 0 Å². The van der Waals surface area contributed by atoms with Crippen molar-refractivity contribution in [2.45, 2.75) is 38.5 Å². The van der Waals surface area contributed by atoms with E-state index in [0.29, 0.717) is 17.3 Å². The Morgan fingerprint density at radius 2 is 2.24 bits per heavy atom. The first kappa shape index (κ1) is 14.3. The molecule has 21 heavy (non-hydrogen) atoms. The summed E-state index contributed by atoms with van der Waals surface area (Å²) in [4.78, 5) is 15.7. The molecule has 0 bridgehead atoms. The van der Waals surface area contributed by atoms with Crippen molar-refractivity contribution in [3.05, 3.63) is 33.9 Å². The van der Waals surface area contributed by atoms with Crippen molar-refractivity contribution in [3.8, 4) is 0 Å². The highest BCUT2D eigenvalue weighted by molar-refractivity contribution is 5.65. The van der Waals surface area contributed by atoms with Gasteiger partial charge in [-0.1, -0.05) is 6.07 Å². The van der Waals surface area contributed by atoms with Crippen molar-refractivity contribution < 1.29 is 10.0 Å². The molecule has 2 aliphatic heterocycles. The normalized spacial score (nSPS) is 25.9. The van der Waals surface area contributed by atoms with Crippen LogP contribution in [-0.2, 0) is 6.61 Å². The predicted molar refractivity (Wildman–Crippen MR) is 80.4 cm³/mol. The molecule has 0 aliphatic carbocycles. The standard InChI is InChI=1S/C15H21N3O3/c1-11-8-16-6-2-3-13(16)9-17(11)14-5-4-12(10-19)7-15(14)18(20)21/h4-5,7,11,13,19H,2-3,6,8-10H2,1H3. The van der Waals surface area contributed by atoms with Gasteiger partial charge in [0.1, 0.15) is 5.69 Å². The topological polar surface area (TPSA) is 69.8 Å². The van der Waals surface area contributed by atoms with Gasteiger partial charge in [-0.15, -0.1) is 0 Å². The zero-order valence-electron chi connectivity index (χ0n) is 12.2. The minimum Gasteiger partial charge on any atom is -0.392 e. The lowest BCUT2D eigenvalue weighted by Gasteiger charge is -2.43. The highest BCUT2D eigenvalue weighted by Gasteiger charge is 2.36. The van der Waals surface area contributed by atoms with Crippen molar-refractivity contribution in [1.82, 2.24) is 4.90 Å². The van der Waals surface area contributed by atoms with E-state index < -0.39 is 0 Å². The Hall–Kier alpha value is -1.66. The summed E-state index contributed by atoms with van der Waals surface area (Å²) in [6.07, 6.45) is 2.39. The van der Waals surface area contributed by atoms with E-state index >= 15 is 0 Å². The Bertz CT molecular complexity index is 549. The summed E-state index contributed by atoms with van der Waals surface area (Å²) in [6.45, 7) is 4.91. The van der Waals surface area contributed by atoms with Crippen LogP contribution in [0.4, 0.5) is 11.4 Å². The number of benzene rings is 1. The van der Waals surface area contributed by atoms with Gasteiger partial charge in [-0.3, -0.25) is 15.0 Å². The maximum Gasteiger partial charge on any atom is 0.292 e. The molecular weight excluding hydrogens is 270 g/mol. The quantitative estimate of drug-likeness (QED) is 0.679. The number of anilines is 1. The van der Waals surface area contributed by atoms with Crippen LogP contribution in [0.15, 0.2) is 18.2 Å². The third-order valence-corrected chi connectivity index (χ3v) is 4.67. The molecule has 6 heteroatoms. The van der Waals surface area contributed by atoms with Crippen LogP contribution in [0.5, 0.6) is 0 Å². The summed E-state index contributed by atoms with van der Waals surface area (Å²) in [7, 11) is 0. The van der Waals surface area contributed by atoms with Crippen molar-refractivity contribution in [2.24, 2.45) is 0 Å². The van der Waals surface area contributed by atoms with Crippen LogP contribution in [0.2, 0.25) is 0 Å². The molecule has 0 amide bonds. The van der Waals surface area contributed by atoms with E-state index in [1.54, 1.807) is 12.1 Å². The van der Waals surface area contributed by atoms with Crippen LogP contribution in [0.25, 0.3) is 0 Å². The van der Waals surface area contributed by atoms with Gasteiger partial charge in [-0.25, -0.2) is 0 Å². The number of fused-ring (bicyclic) bond motifs is 1. The van der Waals surface area contributed by atoms with Gasteiger partial charge < -0.3 is 10.0 Å². The molecule has 2 fully saturated rings. The highest BCUT2D eigenvalue weighted by atomic mass is 16.6. The average Bonchev–Trinajstić information content (AvgIpc) is 2.92. The molecule has 0 spiro atoms. The predicted octanol–water partition coefficient (Wildman–Crippen LogP) is 1.76. The number of nitro benzene ring substituents is 1. The van der Waals surface area contributed by atoms with Crippen LogP contribution in [0.1, 0.15) is 25.3 Å². The maximum atomic E-state index is 11.4. The zero-order chi connectivity index (χ0) is 15.0. The van der Waals surface area contributed by atoms with Gasteiger partial charge in [0.15, 0.2) is 0 Å². The van der Waals surface area contributed by atoms with Crippen molar-refractivity contribution >= 4 is 11.4 Å². The first-order valence-corrected chi connectivity index (χ1v) is 7.49. The highest BCUT2D eigenvalue weighted by Crippen LogP contribution is 2.34. The molecule has 1 aromatic carbocycles. The molecule has 0 saturated carbocycles. The minimum atomic E-state index is -0.345. The largest absolute Gasteiger partial charge is 0.392 e. The Kier molecular flexibility index (Phi) is 3.82. The summed E-state index contributed by atoms with van der Waals surface area (Å²) in [6, 6.07) is 5.82. The fourth-order valence-corrected chi connectivity index (χ4v) is 3.58. The first-order valence-electron chi connectivity index (χ1n) is 7.49. The molecule has 2 saturated heterocycles. The van der Waals surface area contributed by atoms with Gasteiger partial charge >= 0.3 is 0 Å². The van der Waals surface area contributed by atoms with Crippen molar-refractivity contribution in [1.29, 1.82) is 0 Å². The lowest BCUT2D eigenvalue weighted by atomic mass is 10.1. The summed E-state index contributed by atoms with van der Waals surface area (Å²) >= 11 is 0. The number of hydrogen-bond acceptors (Lipinski definition) is 5. The van der Waals surface area contributed by atoms with Crippen LogP contribution in [-0.4, -0.2) is 46.6 Å². The molecule has 2 aliphatic rings. The number of aliphatic hydroxyl groups is 1. The molecule has 1 N–H and O–H groups in total. The molecule has 2 heterocycles. The van der Waals surface area contributed by atoms with E-state index in [1.807, 2.05) is 0 Å². The van der Waals surface area contributed by atoms with E-state index in [-0.39, 0.29) is 23.3 Å². The van der Waals surface area contributed by atoms with Gasteiger partial charge in [0, 0.05) is 31.2 Å². The number of rotatable bonds is 3. The molecule has 3 rings (SSSR count). The molecule has 0 radical (unpaired) electrons. The van der Waals surface area contributed by atoms with Gasteiger partial charge in [-0.05, 0) is 37.9 Å². The number of piperazine rings is 1. The third-order valence-electron chi connectivity index (χ3n) is 4.67. The second-order valence-corrected chi connectivity index (χ2v) is 6.03. The lowest BCUT2D eigenvalue weighted by Crippen LogP contribution is -2.55. The number of hydrogen-bond donors (Lipinski definition) is 1. The lowest BCUT2D eigenvalue weighted by molar-refractivity contribution is -0.384. The fraction of sp³-hybridized carbons (Fsp3) is 0.600. The van der Waals surface area contributed by atoms with E-state index in [1.165, 1.54) is 18.9 Å². The zero-order valence-corrected chi connectivity index (χ0v) is 12.2. The molecule has 0 aromatic heterocycles. The second kappa shape index (κ2) is 5.61. The SMILES string of the molecule is CC1CN2CCCC2CN1c1ccc(CO)cc1[N+](=O)[O-]. The van der Waals surface area contributed by atoms with E-state index in [2.05, 4.69) is 16.7 Å². The van der Waals surface area contributed by atoms with E-state index in [9.17, 15) is 15.2 Å². The Morgan fingerprint density at radius 3 is 2.95 bits per heavy atom. The second-order valence-electron chi connectivity index (χ2n) is 6.03. The molecular formula is C15H21N3O3. The number of nitro groups is 1. The number of nitrogens with zero attached hydrogens (tertiary/aromatic N) is 3. The van der Waals surface area contributed by atoms with Crippen LogP contribution in [0, 0.1) is 10.1 Å². The third kappa shape index (κ3) is 2.61. The van der Waals surface area contributed by atoms with Gasteiger partial charge in [0.2, 0.25) is 0 Å². The summed E-state index contributed by atoms with van der Waals surface area (Å²) in [5.41, 5.74) is 1.36. The summed E-state index contributed by atoms with van der Waals surface area (Å²) < 4.78 is 0. The minimum absolute atomic E-state index is 0.0971. The summed E-state index contributed by atoms with van der Waals surface area (Å²) in [5, 5.41) is 20.5. The smallest absolute Gasteiger partial charge is 0.292 e. The maximum absolute atomic E-state index is 11.4. The van der Waals surface area contributed by atoms with Crippen molar-refractivity contribution in [3.63, 3.8) is 0 Å².